The number of carbonyl (C=O) groups excluding carboxylic acids is 1. The average Bonchev–Trinajstić information content (AvgIpc) is 3.19. The van der Waals surface area contributed by atoms with Crippen molar-refractivity contribution >= 4 is 28.2 Å². The first-order chi connectivity index (χ1) is 11.7. The third-order valence-corrected chi connectivity index (χ3v) is 5.39. The van der Waals surface area contributed by atoms with E-state index in [0.717, 1.165) is 60.4 Å². The van der Waals surface area contributed by atoms with Crippen LogP contribution < -0.4 is 5.32 Å². The lowest BCUT2D eigenvalue weighted by Crippen LogP contribution is -2.30. The number of likely N-dealkylation sites (tertiary alicyclic amines) is 1. The van der Waals surface area contributed by atoms with Crippen LogP contribution in [0.3, 0.4) is 0 Å². The van der Waals surface area contributed by atoms with Gasteiger partial charge in [-0.3, -0.25) is 4.79 Å². The summed E-state index contributed by atoms with van der Waals surface area (Å²) in [5, 5.41) is 4.08. The number of thiazole rings is 1. The highest BCUT2D eigenvalue weighted by Gasteiger charge is 2.36. The topological polar surface area (TPSA) is 71.0 Å². The number of rotatable bonds is 5. The van der Waals surface area contributed by atoms with Crippen LogP contribution in [0.25, 0.3) is 0 Å². The Balaban J connectivity index is 1.36. The van der Waals surface area contributed by atoms with E-state index in [1.165, 1.54) is 0 Å². The molecule has 2 aromatic rings. The highest BCUT2D eigenvalue weighted by atomic mass is 32.1. The van der Waals surface area contributed by atoms with Crippen molar-refractivity contribution in [1.29, 1.82) is 0 Å². The van der Waals surface area contributed by atoms with Gasteiger partial charge in [-0.15, -0.1) is 11.3 Å². The van der Waals surface area contributed by atoms with Crippen molar-refractivity contribution in [2.75, 3.05) is 18.4 Å². The van der Waals surface area contributed by atoms with Crippen LogP contribution in [0.15, 0.2) is 18.5 Å². The van der Waals surface area contributed by atoms with Gasteiger partial charge in [0, 0.05) is 42.7 Å². The van der Waals surface area contributed by atoms with Crippen LogP contribution in [0.1, 0.15) is 30.0 Å². The van der Waals surface area contributed by atoms with E-state index in [2.05, 4.69) is 20.3 Å². The lowest BCUT2D eigenvalue weighted by atomic mass is 10.0. The summed E-state index contributed by atoms with van der Waals surface area (Å²) in [7, 11) is 0. The van der Waals surface area contributed by atoms with Crippen LogP contribution in [0, 0.1) is 18.8 Å². The molecule has 1 amide bonds. The molecular weight excluding hydrogens is 322 g/mol. The maximum absolute atomic E-state index is 12.1. The molecule has 0 aromatic carbocycles. The highest BCUT2D eigenvalue weighted by molar-refractivity contribution is 7.15. The fraction of sp³-hybridized carbons (Fsp3) is 0.529. The second kappa shape index (κ2) is 6.47. The molecule has 24 heavy (non-hydrogen) atoms. The van der Waals surface area contributed by atoms with Gasteiger partial charge in [-0.25, -0.2) is 15.0 Å². The number of carbonyl (C=O) groups is 1. The summed E-state index contributed by atoms with van der Waals surface area (Å²) < 4.78 is 0. The third kappa shape index (κ3) is 3.56. The first kappa shape index (κ1) is 15.5. The number of aryl methyl sites for hydroxylation is 1. The number of nitrogens with zero attached hydrogens (tertiary/aromatic N) is 4. The zero-order valence-corrected chi connectivity index (χ0v) is 14.6. The minimum absolute atomic E-state index is 0.314. The first-order valence-corrected chi connectivity index (χ1v) is 9.29. The van der Waals surface area contributed by atoms with E-state index < -0.39 is 0 Å². The van der Waals surface area contributed by atoms with E-state index in [1.807, 2.05) is 24.1 Å². The van der Waals surface area contributed by atoms with Crippen LogP contribution >= 0.6 is 11.3 Å². The van der Waals surface area contributed by atoms with Crippen LogP contribution in [0.5, 0.6) is 0 Å². The predicted molar refractivity (Wildman–Crippen MR) is 93.3 cm³/mol. The molecule has 2 aromatic heterocycles. The molecule has 1 aliphatic heterocycles. The Morgan fingerprint density at radius 3 is 3.00 bits per heavy atom. The van der Waals surface area contributed by atoms with E-state index >= 15 is 0 Å². The Kier molecular flexibility index (Phi) is 4.18. The first-order valence-electron chi connectivity index (χ1n) is 8.47. The molecule has 1 saturated carbocycles. The largest absolute Gasteiger partial charge is 0.342 e. The van der Waals surface area contributed by atoms with Gasteiger partial charge in [-0.1, -0.05) is 0 Å². The average molecular weight is 343 g/mol. The maximum Gasteiger partial charge on any atom is 0.225 e. The molecule has 1 saturated heterocycles. The van der Waals surface area contributed by atoms with Gasteiger partial charge in [-0.05, 0) is 38.2 Å². The molecule has 1 unspecified atom stereocenters. The summed E-state index contributed by atoms with van der Waals surface area (Å²) in [4.78, 5) is 28.6. The van der Waals surface area contributed by atoms with Gasteiger partial charge >= 0.3 is 0 Å². The summed E-state index contributed by atoms with van der Waals surface area (Å²) in [6.45, 7) is 3.77. The van der Waals surface area contributed by atoms with Crippen LogP contribution in [0.4, 0.5) is 10.9 Å². The zero-order chi connectivity index (χ0) is 16.5. The zero-order valence-electron chi connectivity index (χ0n) is 13.7. The number of hydrogen-bond acceptors (Lipinski definition) is 6. The second-order valence-corrected chi connectivity index (χ2v) is 7.91. The third-order valence-electron chi connectivity index (χ3n) is 4.56. The van der Waals surface area contributed by atoms with E-state index in [0.29, 0.717) is 17.7 Å². The Labute approximate surface area is 145 Å². The predicted octanol–water partition coefficient (Wildman–Crippen LogP) is 2.79. The maximum atomic E-state index is 12.1. The van der Waals surface area contributed by atoms with Crippen molar-refractivity contribution < 1.29 is 4.79 Å². The molecule has 0 radical (unpaired) electrons. The quantitative estimate of drug-likeness (QED) is 0.904. The van der Waals surface area contributed by atoms with Gasteiger partial charge in [0.05, 0.1) is 0 Å². The molecule has 7 heteroatoms. The van der Waals surface area contributed by atoms with Gasteiger partial charge in [0.15, 0.2) is 5.13 Å². The standard InChI is InChI=1S/C17H21N5OS/c1-11-9-19-17(24-11)21-14-4-6-18-15(20-14)8-12-5-7-22(10-12)16(23)13-2-3-13/h4,6,9,12-13H,2-3,5,7-8,10H2,1H3,(H,18,19,20,21). The van der Waals surface area contributed by atoms with Crippen molar-refractivity contribution in [3.63, 3.8) is 0 Å². The number of anilines is 2. The molecule has 126 valence electrons. The van der Waals surface area contributed by atoms with E-state index in [1.54, 1.807) is 17.5 Å². The normalized spacial score (nSPS) is 20.4. The van der Waals surface area contributed by atoms with Crippen molar-refractivity contribution in [2.45, 2.75) is 32.6 Å². The Morgan fingerprint density at radius 2 is 2.25 bits per heavy atom. The molecular formula is C17H21N5OS. The van der Waals surface area contributed by atoms with Crippen molar-refractivity contribution in [3.8, 4) is 0 Å². The van der Waals surface area contributed by atoms with Crippen molar-refractivity contribution in [2.24, 2.45) is 11.8 Å². The lowest BCUT2D eigenvalue weighted by molar-refractivity contribution is -0.131. The monoisotopic (exact) mass is 343 g/mol. The lowest BCUT2D eigenvalue weighted by Gasteiger charge is -2.16. The van der Waals surface area contributed by atoms with E-state index in [4.69, 9.17) is 0 Å². The van der Waals surface area contributed by atoms with E-state index in [-0.39, 0.29) is 0 Å². The van der Waals surface area contributed by atoms with Crippen LogP contribution in [-0.4, -0.2) is 38.8 Å². The fourth-order valence-electron chi connectivity index (χ4n) is 3.14. The number of nitrogens with one attached hydrogen (secondary N) is 1. The molecule has 1 atom stereocenters. The molecule has 0 bridgehead atoms. The fourth-order valence-corrected chi connectivity index (χ4v) is 3.81. The van der Waals surface area contributed by atoms with Gasteiger partial charge in [0.1, 0.15) is 11.6 Å². The molecule has 0 spiro atoms. The summed E-state index contributed by atoms with van der Waals surface area (Å²) in [5.41, 5.74) is 0. The Morgan fingerprint density at radius 1 is 1.38 bits per heavy atom. The second-order valence-electron chi connectivity index (χ2n) is 6.68. The van der Waals surface area contributed by atoms with Crippen molar-refractivity contribution in [3.05, 3.63) is 29.2 Å². The molecule has 1 aliphatic carbocycles. The molecule has 6 nitrogen and oxygen atoms in total. The molecule has 1 N–H and O–H groups in total. The van der Waals surface area contributed by atoms with E-state index in [9.17, 15) is 4.79 Å². The minimum atomic E-state index is 0.314. The SMILES string of the molecule is Cc1cnc(Nc2ccnc(CC3CCN(C(=O)C4CC4)C3)n2)s1. The number of hydrogen-bond donors (Lipinski definition) is 1. The summed E-state index contributed by atoms with van der Waals surface area (Å²) in [6.07, 6.45) is 7.65. The molecule has 2 aliphatic rings. The number of amides is 1. The summed E-state index contributed by atoms with van der Waals surface area (Å²) >= 11 is 1.61. The smallest absolute Gasteiger partial charge is 0.225 e. The summed E-state index contributed by atoms with van der Waals surface area (Å²) in [5.74, 6) is 2.74. The van der Waals surface area contributed by atoms with Crippen LogP contribution in [-0.2, 0) is 11.2 Å². The Bertz CT molecular complexity index is 742. The summed E-state index contributed by atoms with van der Waals surface area (Å²) in [6, 6.07) is 1.86. The van der Waals surface area contributed by atoms with Gasteiger partial charge in [0.25, 0.3) is 0 Å². The molecule has 4 rings (SSSR count). The van der Waals surface area contributed by atoms with Gasteiger partial charge in [-0.2, -0.15) is 0 Å². The highest BCUT2D eigenvalue weighted by Crippen LogP contribution is 2.33. The van der Waals surface area contributed by atoms with Crippen molar-refractivity contribution in [1.82, 2.24) is 19.9 Å². The molecule has 2 fully saturated rings. The minimum Gasteiger partial charge on any atom is -0.342 e. The van der Waals surface area contributed by atoms with Gasteiger partial charge < -0.3 is 10.2 Å². The number of aromatic nitrogens is 3. The molecule has 3 heterocycles. The van der Waals surface area contributed by atoms with Gasteiger partial charge in [0.2, 0.25) is 5.91 Å². The Hall–Kier alpha value is -2.02. The van der Waals surface area contributed by atoms with Crippen LogP contribution in [0.2, 0.25) is 0 Å².